The molecular formula is C6H10O4S2. The number of thiol groups is 1. The van der Waals surface area contributed by atoms with Gasteiger partial charge >= 0.3 is 0 Å². The van der Waals surface area contributed by atoms with Crippen molar-refractivity contribution in [3.63, 3.8) is 0 Å². The molecular weight excluding hydrogens is 200 g/mol. The molecule has 0 fully saturated rings. The Kier molecular flexibility index (Phi) is 7.77. The predicted molar refractivity (Wildman–Crippen MR) is 49.8 cm³/mol. The summed E-state index contributed by atoms with van der Waals surface area (Å²) < 4.78 is 38.8. The molecule has 70 valence electrons. The molecule has 0 aromatic heterocycles. The molecule has 0 N–H and O–H groups in total. The van der Waals surface area contributed by atoms with Crippen LogP contribution < -0.4 is 0 Å². The molecule has 0 atom stereocenters. The minimum Gasteiger partial charge on any atom is -0.227 e. The number of rotatable bonds is 3. The van der Waals surface area contributed by atoms with Gasteiger partial charge in [-0.1, -0.05) is 19.7 Å². The van der Waals surface area contributed by atoms with Crippen molar-refractivity contribution in [1.29, 1.82) is 0 Å². The van der Waals surface area contributed by atoms with E-state index in [2.05, 4.69) is 19.7 Å². The van der Waals surface area contributed by atoms with Crippen LogP contribution in [-0.2, 0) is 20.5 Å². The molecule has 0 unspecified atom stereocenters. The number of sulfone groups is 1. The molecule has 0 saturated carbocycles. The van der Waals surface area contributed by atoms with Gasteiger partial charge in [0.2, 0.25) is 0 Å². The van der Waals surface area contributed by atoms with Crippen molar-refractivity contribution in [2.45, 2.75) is 0 Å². The largest absolute Gasteiger partial charge is 0.227 e. The van der Waals surface area contributed by atoms with Crippen LogP contribution in [0.15, 0.2) is 36.0 Å². The third-order valence-corrected chi connectivity index (χ3v) is 1.84. The summed E-state index contributed by atoms with van der Waals surface area (Å²) in [7, 11) is -5.46. The minimum atomic E-state index is -3.13. The Morgan fingerprint density at radius 3 is 1.25 bits per heavy atom. The van der Waals surface area contributed by atoms with E-state index in [1.54, 1.807) is 0 Å². The van der Waals surface area contributed by atoms with Crippen LogP contribution in [-0.4, -0.2) is 16.8 Å². The van der Waals surface area contributed by atoms with Gasteiger partial charge in [-0.3, -0.25) is 0 Å². The molecule has 0 radical (unpaired) electrons. The quantitative estimate of drug-likeness (QED) is 0.686. The van der Waals surface area contributed by atoms with Gasteiger partial charge in [0.15, 0.2) is 20.5 Å². The lowest BCUT2D eigenvalue weighted by molar-refractivity contribution is 0.612. The fourth-order valence-electron chi connectivity index (χ4n) is 0.0680. The van der Waals surface area contributed by atoms with Crippen LogP contribution in [0.4, 0.5) is 0 Å². The van der Waals surface area contributed by atoms with Crippen LogP contribution in [0.5, 0.6) is 0 Å². The van der Waals surface area contributed by atoms with E-state index in [-0.39, 0.29) is 0 Å². The zero-order valence-corrected chi connectivity index (χ0v) is 8.05. The Balaban J connectivity index is 0. The van der Waals surface area contributed by atoms with Gasteiger partial charge in [-0.25, -0.2) is 16.8 Å². The Hall–Kier alpha value is -0.880. The van der Waals surface area contributed by atoms with Crippen molar-refractivity contribution >= 4 is 20.5 Å². The van der Waals surface area contributed by atoms with E-state index in [1.165, 1.54) is 0 Å². The first-order valence-corrected chi connectivity index (χ1v) is 5.51. The van der Waals surface area contributed by atoms with Gasteiger partial charge in [0, 0.05) is 16.2 Å². The fourth-order valence-corrected chi connectivity index (χ4v) is 0.204. The maximum absolute atomic E-state index is 10.1. The lowest BCUT2D eigenvalue weighted by Gasteiger charge is -1.78. The Morgan fingerprint density at radius 2 is 1.25 bits per heavy atom. The average molecular weight is 210 g/mol. The van der Waals surface area contributed by atoms with Gasteiger partial charge < -0.3 is 0 Å². The van der Waals surface area contributed by atoms with Crippen molar-refractivity contribution in [2.24, 2.45) is 0 Å². The summed E-state index contributed by atoms with van der Waals surface area (Å²) in [5, 5.41) is 2.56. The maximum atomic E-state index is 10.1. The zero-order valence-electron chi connectivity index (χ0n) is 6.34. The lowest BCUT2D eigenvalue weighted by atomic mass is 11.3. The highest BCUT2D eigenvalue weighted by atomic mass is 32.2. The minimum absolute atomic E-state index is 0.847. The molecule has 0 bridgehead atoms. The molecule has 4 nitrogen and oxygen atoms in total. The average Bonchev–Trinajstić information content (AvgIpc) is 2.05. The number of hydrogen-bond donors (Lipinski definition) is 1. The normalized spacial score (nSPS) is 9.42. The number of hydrogen-bond acceptors (Lipinski definition) is 4. The van der Waals surface area contributed by atoms with E-state index in [4.69, 9.17) is 0 Å². The zero-order chi connectivity index (χ0) is 10.2. The summed E-state index contributed by atoms with van der Waals surface area (Å²) in [4.78, 5) is 0. The molecule has 0 aliphatic heterocycles. The standard InChI is InChI=1S/C4H6O2S.C2H4O2S/c1-3-7(5,6)4-2;1-2-5(3)4/h3-4H,1-2H2;2,5H,1H2. The van der Waals surface area contributed by atoms with Crippen LogP contribution in [0.25, 0.3) is 0 Å². The van der Waals surface area contributed by atoms with E-state index >= 15 is 0 Å². The van der Waals surface area contributed by atoms with Gasteiger partial charge in [0.05, 0.1) is 0 Å². The molecule has 0 amide bonds. The third kappa shape index (κ3) is 11.9. The second-order valence-corrected chi connectivity index (χ2v) is 4.17. The summed E-state index contributed by atoms with van der Waals surface area (Å²) in [6, 6.07) is 0. The summed E-state index contributed by atoms with van der Waals surface area (Å²) in [5.41, 5.74) is 0. The van der Waals surface area contributed by atoms with Crippen molar-refractivity contribution in [2.75, 3.05) is 0 Å². The van der Waals surface area contributed by atoms with E-state index < -0.39 is 20.5 Å². The fraction of sp³-hybridized carbons (Fsp3) is 0. The van der Waals surface area contributed by atoms with Crippen LogP contribution >= 0.6 is 0 Å². The lowest BCUT2D eigenvalue weighted by Crippen LogP contribution is -1.83. The van der Waals surface area contributed by atoms with Gasteiger partial charge in [0.1, 0.15) is 0 Å². The van der Waals surface area contributed by atoms with E-state index in [9.17, 15) is 16.8 Å². The van der Waals surface area contributed by atoms with Gasteiger partial charge in [-0.2, -0.15) is 0 Å². The molecule has 0 spiro atoms. The second kappa shape index (κ2) is 6.81. The van der Waals surface area contributed by atoms with Gasteiger partial charge in [-0.05, 0) is 0 Å². The molecule has 0 heterocycles. The SMILES string of the molecule is C=CS(=O)(=O)C=C.C=C[SH](=O)=O. The summed E-state index contributed by atoms with van der Waals surface area (Å²) in [6.07, 6.45) is 0. The molecule has 0 aromatic carbocycles. The first-order chi connectivity index (χ1) is 5.39. The van der Waals surface area contributed by atoms with E-state index in [0.717, 1.165) is 16.2 Å². The Labute approximate surface area is 73.8 Å². The van der Waals surface area contributed by atoms with E-state index in [0.29, 0.717) is 0 Å². The van der Waals surface area contributed by atoms with Crippen molar-refractivity contribution in [3.05, 3.63) is 36.0 Å². The van der Waals surface area contributed by atoms with Crippen LogP contribution in [0.2, 0.25) is 0 Å². The van der Waals surface area contributed by atoms with Crippen molar-refractivity contribution < 1.29 is 16.8 Å². The second-order valence-electron chi connectivity index (χ2n) is 1.39. The molecule has 0 rings (SSSR count). The molecule has 6 heteroatoms. The molecule has 0 aliphatic rings. The van der Waals surface area contributed by atoms with Gasteiger partial charge in [-0.15, -0.1) is 0 Å². The first kappa shape index (κ1) is 13.7. The van der Waals surface area contributed by atoms with Crippen LogP contribution in [0.1, 0.15) is 0 Å². The highest BCUT2D eigenvalue weighted by Gasteiger charge is 1.90. The van der Waals surface area contributed by atoms with Gasteiger partial charge in [0.25, 0.3) is 0 Å². The smallest absolute Gasteiger partial charge is 0.191 e. The Bertz CT molecular complexity index is 299. The topological polar surface area (TPSA) is 68.3 Å². The highest BCUT2D eigenvalue weighted by molar-refractivity contribution is 7.97. The predicted octanol–water partition coefficient (Wildman–Crippen LogP) is 0.430. The maximum Gasteiger partial charge on any atom is 0.191 e. The highest BCUT2D eigenvalue weighted by Crippen LogP contribution is 1.87. The van der Waals surface area contributed by atoms with Crippen molar-refractivity contribution in [1.82, 2.24) is 0 Å². The molecule has 0 aromatic rings. The van der Waals surface area contributed by atoms with Crippen molar-refractivity contribution in [3.8, 4) is 0 Å². The summed E-state index contributed by atoms with van der Waals surface area (Å²) in [6.45, 7) is 9.05. The summed E-state index contributed by atoms with van der Waals surface area (Å²) in [5.74, 6) is 0. The third-order valence-electron chi connectivity index (χ3n) is 0.614. The van der Waals surface area contributed by atoms with Crippen LogP contribution in [0, 0.1) is 0 Å². The molecule has 0 aliphatic carbocycles. The first-order valence-electron chi connectivity index (χ1n) is 2.65. The van der Waals surface area contributed by atoms with Crippen LogP contribution in [0.3, 0.4) is 0 Å². The van der Waals surface area contributed by atoms with E-state index in [1.807, 2.05) is 0 Å². The molecule has 12 heavy (non-hydrogen) atoms. The monoisotopic (exact) mass is 210 g/mol. The molecule has 0 saturated heterocycles. The summed E-state index contributed by atoms with van der Waals surface area (Å²) >= 11 is 0. The Morgan fingerprint density at radius 1 is 1.00 bits per heavy atom.